The Morgan fingerprint density at radius 2 is 1.24 bits per heavy atom. The fourth-order valence-corrected chi connectivity index (χ4v) is 1.54. The molecule has 126 valence electrons. The van der Waals surface area contributed by atoms with Gasteiger partial charge in [0.2, 0.25) is 0 Å². The molecule has 0 aliphatic heterocycles. The molecule has 0 atom stereocenters. The monoisotopic (exact) mass is 326 g/mol. The molecule has 0 aromatic heterocycles. The first-order chi connectivity index (χ1) is 9.48. The van der Waals surface area contributed by atoms with Gasteiger partial charge in [-0.3, -0.25) is 0 Å². The first kappa shape index (κ1) is 20.0. The summed E-state index contributed by atoms with van der Waals surface area (Å²) in [4.78, 5) is 10.9. The average molecular weight is 326 g/mol. The fourth-order valence-electron chi connectivity index (χ4n) is 1.54. The molecule has 0 rings (SSSR count). The number of carbonyl (C=O) groups is 1. The number of unbranched alkanes of at least 4 members (excludes halogenated alkanes) is 5. The molecule has 0 saturated carbocycles. The van der Waals surface area contributed by atoms with Gasteiger partial charge in [0.05, 0.1) is 6.61 Å². The van der Waals surface area contributed by atoms with Crippen LogP contribution in [-0.2, 0) is 9.53 Å². The van der Waals surface area contributed by atoms with E-state index in [9.17, 15) is 35.5 Å². The Hall–Kier alpha value is -1.02. The summed E-state index contributed by atoms with van der Waals surface area (Å²) in [5.74, 6) is -2.96. The number of ether oxygens (including phenoxy) is 1. The van der Waals surface area contributed by atoms with E-state index in [1.165, 1.54) is 0 Å². The van der Waals surface area contributed by atoms with Crippen LogP contribution in [-0.4, -0.2) is 30.6 Å². The SMILES string of the molecule is CCCCCCCCOC(=O)C(F)(C(F)(F)F)C(F)(F)F. The van der Waals surface area contributed by atoms with Gasteiger partial charge < -0.3 is 4.74 Å². The van der Waals surface area contributed by atoms with E-state index in [0.717, 1.165) is 19.3 Å². The topological polar surface area (TPSA) is 26.3 Å². The molecule has 0 heterocycles. The van der Waals surface area contributed by atoms with Gasteiger partial charge in [0, 0.05) is 0 Å². The van der Waals surface area contributed by atoms with Crippen LogP contribution < -0.4 is 0 Å². The van der Waals surface area contributed by atoms with Gasteiger partial charge >= 0.3 is 24.0 Å². The molecule has 21 heavy (non-hydrogen) atoms. The number of carbonyl (C=O) groups excluding carboxylic acids is 1. The molecule has 0 unspecified atom stereocenters. The number of esters is 1. The van der Waals surface area contributed by atoms with Crippen LogP contribution >= 0.6 is 0 Å². The Labute approximate surface area is 117 Å². The predicted octanol–water partition coefficient (Wildman–Crippen LogP) is 4.72. The standard InChI is InChI=1S/C12H17F7O2/c1-2-3-4-5-6-7-8-21-9(20)10(13,11(14,15)16)12(17,18)19/h2-8H2,1H3. The lowest BCUT2D eigenvalue weighted by atomic mass is 10.1. The van der Waals surface area contributed by atoms with Crippen LogP contribution in [0.3, 0.4) is 0 Å². The zero-order valence-electron chi connectivity index (χ0n) is 11.4. The number of hydrogen-bond acceptors (Lipinski definition) is 2. The van der Waals surface area contributed by atoms with E-state index in [4.69, 9.17) is 0 Å². The number of halogens is 7. The van der Waals surface area contributed by atoms with Crippen molar-refractivity contribution in [3.05, 3.63) is 0 Å². The van der Waals surface area contributed by atoms with Gasteiger partial charge in [0.1, 0.15) is 0 Å². The van der Waals surface area contributed by atoms with Gasteiger partial charge in [-0.15, -0.1) is 0 Å². The van der Waals surface area contributed by atoms with E-state index >= 15 is 0 Å². The van der Waals surface area contributed by atoms with Crippen molar-refractivity contribution < 1.29 is 40.3 Å². The van der Waals surface area contributed by atoms with E-state index in [1.54, 1.807) is 0 Å². The van der Waals surface area contributed by atoms with Crippen molar-refractivity contribution in [1.82, 2.24) is 0 Å². The van der Waals surface area contributed by atoms with Crippen LogP contribution in [0.4, 0.5) is 30.7 Å². The maximum absolute atomic E-state index is 13.2. The highest BCUT2D eigenvalue weighted by Crippen LogP contribution is 2.46. The molecule has 0 aromatic carbocycles. The molecular formula is C12H17F7O2. The largest absolute Gasteiger partial charge is 0.463 e. The Morgan fingerprint density at radius 1 is 0.810 bits per heavy atom. The molecule has 0 aliphatic rings. The smallest absolute Gasteiger partial charge is 0.442 e. The molecule has 0 aliphatic carbocycles. The highest BCUT2D eigenvalue weighted by atomic mass is 19.4. The molecule has 0 spiro atoms. The minimum absolute atomic E-state index is 0.0846. The number of rotatable bonds is 8. The van der Waals surface area contributed by atoms with Crippen molar-refractivity contribution in [3.8, 4) is 0 Å². The molecule has 2 nitrogen and oxygen atoms in total. The summed E-state index contributed by atoms with van der Waals surface area (Å²) in [6.45, 7) is 1.29. The Balaban J connectivity index is 4.41. The lowest BCUT2D eigenvalue weighted by molar-refractivity contribution is -0.332. The third kappa shape index (κ3) is 5.35. The number of hydrogen-bond donors (Lipinski definition) is 0. The fraction of sp³-hybridized carbons (Fsp3) is 0.917. The zero-order valence-corrected chi connectivity index (χ0v) is 11.4. The molecular weight excluding hydrogens is 309 g/mol. The van der Waals surface area contributed by atoms with Crippen LogP contribution in [0.2, 0.25) is 0 Å². The van der Waals surface area contributed by atoms with Crippen LogP contribution in [0.5, 0.6) is 0 Å². The Bertz CT molecular complexity index is 309. The first-order valence-electron chi connectivity index (χ1n) is 6.48. The van der Waals surface area contributed by atoms with Gasteiger partial charge in [0.25, 0.3) is 0 Å². The second-order valence-corrected chi connectivity index (χ2v) is 4.56. The van der Waals surface area contributed by atoms with Crippen molar-refractivity contribution in [2.75, 3.05) is 6.61 Å². The highest BCUT2D eigenvalue weighted by Gasteiger charge is 2.78. The van der Waals surface area contributed by atoms with Crippen LogP contribution in [0.1, 0.15) is 45.4 Å². The summed E-state index contributed by atoms with van der Waals surface area (Å²) in [5.41, 5.74) is -5.98. The van der Waals surface area contributed by atoms with E-state index in [-0.39, 0.29) is 6.42 Å². The first-order valence-corrected chi connectivity index (χ1v) is 6.48. The molecule has 0 N–H and O–H groups in total. The average Bonchev–Trinajstić information content (AvgIpc) is 2.33. The minimum atomic E-state index is -6.41. The molecule has 0 aromatic rings. The molecule has 9 heteroatoms. The molecule has 0 amide bonds. The van der Waals surface area contributed by atoms with Crippen LogP contribution in [0, 0.1) is 0 Å². The second-order valence-electron chi connectivity index (χ2n) is 4.56. The molecule has 0 fully saturated rings. The minimum Gasteiger partial charge on any atom is -0.463 e. The summed E-state index contributed by atoms with van der Waals surface area (Å²) >= 11 is 0. The normalized spacial score (nSPS) is 13.3. The lowest BCUT2D eigenvalue weighted by Gasteiger charge is -2.27. The van der Waals surface area contributed by atoms with Crippen molar-refractivity contribution in [1.29, 1.82) is 0 Å². The zero-order chi connectivity index (χ0) is 16.7. The van der Waals surface area contributed by atoms with Gasteiger partial charge in [-0.05, 0) is 6.42 Å². The van der Waals surface area contributed by atoms with Crippen molar-refractivity contribution in [3.63, 3.8) is 0 Å². The molecule has 0 radical (unpaired) electrons. The Morgan fingerprint density at radius 3 is 1.67 bits per heavy atom. The van der Waals surface area contributed by atoms with Crippen molar-refractivity contribution in [2.45, 2.75) is 63.5 Å². The summed E-state index contributed by atoms with van der Waals surface area (Å²) in [7, 11) is 0. The maximum atomic E-state index is 13.2. The van der Waals surface area contributed by atoms with E-state index in [1.807, 2.05) is 6.92 Å². The number of alkyl halides is 7. The van der Waals surface area contributed by atoms with E-state index < -0.39 is 30.6 Å². The van der Waals surface area contributed by atoms with Gasteiger partial charge in [-0.2, -0.15) is 26.3 Å². The maximum Gasteiger partial charge on any atom is 0.442 e. The third-order valence-corrected chi connectivity index (χ3v) is 2.79. The third-order valence-electron chi connectivity index (χ3n) is 2.79. The van der Waals surface area contributed by atoms with Crippen LogP contribution in [0.15, 0.2) is 0 Å². The van der Waals surface area contributed by atoms with Crippen molar-refractivity contribution in [2.24, 2.45) is 0 Å². The highest BCUT2D eigenvalue weighted by molar-refractivity contribution is 5.81. The summed E-state index contributed by atoms with van der Waals surface area (Å²) in [6, 6.07) is 0. The predicted molar refractivity (Wildman–Crippen MR) is 60.3 cm³/mol. The van der Waals surface area contributed by atoms with E-state index in [0.29, 0.717) is 12.8 Å². The second kappa shape index (κ2) is 7.84. The summed E-state index contributed by atoms with van der Waals surface area (Å²) < 4.78 is 90.0. The van der Waals surface area contributed by atoms with Gasteiger partial charge in [-0.25, -0.2) is 9.18 Å². The molecule has 0 bridgehead atoms. The van der Waals surface area contributed by atoms with Gasteiger partial charge in [0.15, 0.2) is 0 Å². The summed E-state index contributed by atoms with van der Waals surface area (Å²) in [5, 5.41) is 0. The quantitative estimate of drug-likeness (QED) is 0.366. The lowest BCUT2D eigenvalue weighted by Crippen LogP contribution is -2.59. The van der Waals surface area contributed by atoms with Gasteiger partial charge in [-0.1, -0.05) is 39.0 Å². The Kier molecular flexibility index (Phi) is 7.46. The van der Waals surface area contributed by atoms with Crippen molar-refractivity contribution >= 4 is 5.97 Å². The van der Waals surface area contributed by atoms with E-state index in [2.05, 4.69) is 4.74 Å². The molecule has 0 saturated heterocycles. The van der Waals surface area contributed by atoms with Crippen LogP contribution in [0.25, 0.3) is 0 Å². The summed E-state index contributed by atoms with van der Waals surface area (Å²) in [6.07, 6.45) is -8.77.